The quantitative estimate of drug-likeness (QED) is 0.755. The minimum atomic E-state index is 0.642. The zero-order chi connectivity index (χ0) is 14.1. The van der Waals surface area contributed by atoms with Crippen LogP contribution >= 0.6 is 11.6 Å². The molecule has 2 unspecified atom stereocenters. The molecule has 108 valence electrons. The van der Waals surface area contributed by atoms with Crippen LogP contribution < -0.4 is 0 Å². The van der Waals surface area contributed by atoms with Gasteiger partial charge in [-0.15, -0.1) is 11.6 Å². The maximum Gasteiger partial charge on any atom is 0.111 e. The van der Waals surface area contributed by atoms with Gasteiger partial charge in [0.15, 0.2) is 0 Å². The number of halogens is 1. The molecule has 1 fully saturated rings. The standard InChI is InChI=1S/C17H23ClN2/c1-12-6-7-14(10-12)11-20-16(8-9-18)19-15-5-3-4-13(2)17(15)20/h3-5,12,14H,6-11H2,1-2H3. The first-order valence-corrected chi connectivity index (χ1v) is 8.23. The second-order valence-electron chi connectivity index (χ2n) is 6.30. The first-order valence-electron chi connectivity index (χ1n) is 7.69. The smallest absolute Gasteiger partial charge is 0.111 e. The van der Waals surface area contributed by atoms with Crippen molar-refractivity contribution in [2.75, 3.05) is 5.88 Å². The van der Waals surface area contributed by atoms with E-state index in [4.69, 9.17) is 16.6 Å². The number of benzene rings is 1. The van der Waals surface area contributed by atoms with Gasteiger partial charge in [0.25, 0.3) is 0 Å². The van der Waals surface area contributed by atoms with Gasteiger partial charge < -0.3 is 4.57 Å². The minimum absolute atomic E-state index is 0.642. The van der Waals surface area contributed by atoms with Crippen molar-refractivity contribution >= 4 is 22.6 Å². The molecule has 0 amide bonds. The number of hydrogen-bond acceptors (Lipinski definition) is 1. The van der Waals surface area contributed by atoms with Crippen LogP contribution in [0.5, 0.6) is 0 Å². The van der Waals surface area contributed by atoms with E-state index in [-0.39, 0.29) is 0 Å². The van der Waals surface area contributed by atoms with Gasteiger partial charge in [0, 0.05) is 18.8 Å². The summed E-state index contributed by atoms with van der Waals surface area (Å²) in [6.07, 6.45) is 4.94. The summed E-state index contributed by atoms with van der Waals surface area (Å²) >= 11 is 5.96. The number of hydrogen-bond donors (Lipinski definition) is 0. The summed E-state index contributed by atoms with van der Waals surface area (Å²) in [6, 6.07) is 6.40. The van der Waals surface area contributed by atoms with Crippen molar-refractivity contribution in [3.8, 4) is 0 Å². The van der Waals surface area contributed by atoms with E-state index in [1.165, 1.54) is 30.3 Å². The fraction of sp³-hybridized carbons (Fsp3) is 0.588. The van der Waals surface area contributed by atoms with Crippen LogP contribution in [0.15, 0.2) is 18.2 Å². The number of nitrogens with zero attached hydrogens (tertiary/aromatic N) is 2. The molecule has 0 radical (unpaired) electrons. The lowest BCUT2D eigenvalue weighted by Crippen LogP contribution is -2.12. The first kappa shape index (κ1) is 13.9. The van der Waals surface area contributed by atoms with Crippen LogP contribution in [-0.2, 0) is 13.0 Å². The lowest BCUT2D eigenvalue weighted by Gasteiger charge is -2.15. The van der Waals surface area contributed by atoms with E-state index < -0.39 is 0 Å². The molecule has 2 aromatic rings. The van der Waals surface area contributed by atoms with Gasteiger partial charge in [-0.05, 0) is 43.2 Å². The number of imidazole rings is 1. The Balaban J connectivity index is 1.99. The van der Waals surface area contributed by atoms with Crippen LogP contribution in [-0.4, -0.2) is 15.4 Å². The Morgan fingerprint density at radius 1 is 1.35 bits per heavy atom. The Bertz CT molecular complexity index is 602. The van der Waals surface area contributed by atoms with Gasteiger partial charge >= 0.3 is 0 Å². The minimum Gasteiger partial charge on any atom is -0.327 e. The van der Waals surface area contributed by atoms with Gasteiger partial charge in [-0.1, -0.05) is 25.5 Å². The van der Waals surface area contributed by atoms with E-state index in [9.17, 15) is 0 Å². The van der Waals surface area contributed by atoms with E-state index in [1.807, 2.05) is 0 Å². The molecule has 2 atom stereocenters. The number of fused-ring (bicyclic) bond motifs is 1. The third-order valence-corrected chi connectivity index (χ3v) is 4.80. The van der Waals surface area contributed by atoms with Crippen molar-refractivity contribution in [3.05, 3.63) is 29.6 Å². The van der Waals surface area contributed by atoms with Crippen molar-refractivity contribution in [1.82, 2.24) is 9.55 Å². The molecule has 0 aliphatic heterocycles. The highest BCUT2D eigenvalue weighted by atomic mass is 35.5. The first-order chi connectivity index (χ1) is 9.69. The Hall–Kier alpha value is -1.02. The highest BCUT2D eigenvalue weighted by Crippen LogP contribution is 2.33. The van der Waals surface area contributed by atoms with Crippen LogP contribution in [0.25, 0.3) is 11.0 Å². The van der Waals surface area contributed by atoms with Crippen LogP contribution in [0.3, 0.4) is 0 Å². The Kier molecular flexibility index (Phi) is 4.02. The number of aromatic nitrogens is 2. The van der Waals surface area contributed by atoms with Gasteiger partial charge in [-0.2, -0.15) is 0 Å². The normalized spacial score (nSPS) is 22.8. The maximum absolute atomic E-state index is 5.96. The van der Waals surface area contributed by atoms with Gasteiger partial charge in [0.1, 0.15) is 5.82 Å². The zero-order valence-electron chi connectivity index (χ0n) is 12.4. The Morgan fingerprint density at radius 2 is 2.20 bits per heavy atom. The molecule has 0 bridgehead atoms. The predicted molar refractivity (Wildman–Crippen MR) is 85.4 cm³/mol. The van der Waals surface area contributed by atoms with Gasteiger partial charge in [-0.3, -0.25) is 0 Å². The van der Waals surface area contributed by atoms with Crippen molar-refractivity contribution in [3.63, 3.8) is 0 Å². The van der Waals surface area contributed by atoms with E-state index in [1.54, 1.807) is 0 Å². The summed E-state index contributed by atoms with van der Waals surface area (Å²) in [4.78, 5) is 4.80. The van der Waals surface area contributed by atoms with E-state index >= 15 is 0 Å². The maximum atomic E-state index is 5.96. The molecule has 2 nitrogen and oxygen atoms in total. The lowest BCUT2D eigenvalue weighted by molar-refractivity contribution is 0.439. The van der Waals surface area contributed by atoms with Crippen LogP contribution in [0, 0.1) is 18.8 Å². The van der Waals surface area contributed by atoms with Crippen LogP contribution in [0.1, 0.15) is 37.6 Å². The number of aryl methyl sites for hydroxylation is 2. The van der Waals surface area contributed by atoms with Gasteiger partial charge in [-0.25, -0.2) is 4.98 Å². The Labute approximate surface area is 126 Å². The Morgan fingerprint density at radius 3 is 2.90 bits per heavy atom. The average molecular weight is 291 g/mol. The summed E-state index contributed by atoms with van der Waals surface area (Å²) in [5.41, 5.74) is 3.75. The fourth-order valence-corrected chi connectivity index (χ4v) is 3.80. The molecule has 3 rings (SSSR count). The van der Waals surface area contributed by atoms with Crippen LogP contribution in [0.4, 0.5) is 0 Å². The highest BCUT2D eigenvalue weighted by molar-refractivity contribution is 6.17. The molecule has 3 heteroatoms. The van der Waals surface area contributed by atoms with E-state index in [0.717, 1.165) is 36.1 Å². The highest BCUT2D eigenvalue weighted by Gasteiger charge is 2.23. The summed E-state index contributed by atoms with van der Waals surface area (Å²) in [5, 5.41) is 0. The molecule has 0 N–H and O–H groups in total. The monoisotopic (exact) mass is 290 g/mol. The van der Waals surface area contributed by atoms with Crippen molar-refractivity contribution in [1.29, 1.82) is 0 Å². The average Bonchev–Trinajstić information content (AvgIpc) is 2.96. The second-order valence-corrected chi connectivity index (χ2v) is 6.68. The van der Waals surface area contributed by atoms with Crippen molar-refractivity contribution in [2.45, 2.75) is 46.1 Å². The topological polar surface area (TPSA) is 17.8 Å². The van der Waals surface area contributed by atoms with E-state index in [2.05, 4.69) is 36.6 Å². The van der Waals surface area contributed by atoms with Crippen molar-refractivity contribution in [2.24, 2.45) is 11.8 Å². The molecule has 20 heavy (non-hydrogen) atoms. The summed E-state index contributed by atoms with van der Waals surface area (Å²) in [6.45, 7) is 5.66. The molecule has 1 aliphatic rings. The second kappa shape index (κ2) is 5.77. The molecular formula is C17H23ClN2. The summed E-state index contributed by atoms with van der Waals surface area (Å²) in [5.74, 6) is 3.48. The number of alkyl halides is 1. The van der Waals surface area contributed by atoms with Crippen molar-refractivity contribution < 1.29 is 0 Å². The molecule has 1 saturated carbocycles. The fourth-order valence-electron chi connectivity index (χ4n) is 3.63. The number of rotatable bonds is 4. The summed E-state index contributed by atoms with van der Waals surface area (Å²) < 4.78 is 2.44. The van der Waals surface area contributed by atoms with Gasteiger partial charge in [0.05, 0.1) is 11.0 Å². The third-order valence-electron chi connectivity index (χ3n) is 4.61. The summed E-state index contributed by atoms with van der Waals surface area (Å²) in [7, 11) is 0. The lowest BCUT2D eigenvalue weighted by atomic mass is 10.1. The van der Waals surface area contributed by atoms with Crippen LogP contribution in [0.2, 0.25) is 0 Å². The molecule has 1 aromatic heterocycles. The molecule has 0 spiro atoms. The molecule has 1 aromatic carbocycles. The SMILES string of the molecule is Cc1cccc2nc(CCCl)n(CC3CCC(C)C3)c12. The molecule has 0 saturated heterocycles. The largest absolute Gasteiger partial charge is 0.327 e. The zero-order valence-corrected chi connectivity index (χ0v) is 13.2. The third kappa shape index (κ3) is 2.58. The number of para-hydroxylation sites is 1. The van der Waals surface area contributed by atoms with Gasteiger partial charge in [0.2, 0.25) is 0 Å². The molecule has 1 aliphatic carbocycles. The van der Waals surface area contributed by atoms with E-state index in [0.29, 0.717) is 5.88 Å². The molecule has 1 heterocycles. The molecular weight excluding hydrogens is 268 g/mol. The predicted octanol–water partition coefficient (Wildman–Crippen LogP) is 4.56.